The Kier molecular flexibility index (Phi) is 3.81. The molecule has 0 N–H and O–H groups in total. The Hall–Kier alpha value is -0.140. The fraction of sp³-hybridized carbons (Fsp3) is 0.222. The lowest BCUT2D eigenvalue weighted by molar-refractivity contribution is 1.41. The summed E-state index contributed by atoms with van der Waals surface area (Å²) >= 11 is 7.54. The van der Waals surface area contributed by atoms with Crippen molar-refractivity contribution >= 4 is 23.4 Å². The van der Waals surface area contributed by atoms with Gasteiger partial charge in [-0.1, -0.05) is 23.7 Å². The van der Waals surface area contributed by atoms with Crippen LogP contribution >= 0.6 is 23.4 Å². The van der Waals surface area contributed by atoms with Crippen LogP contribution in [0.5, 0.6) is 0 Å². The van der Waals surface area contributed by atoms with Crippen LogP contribution in [-0.4, -0.2) is 5.75 Å². The average Bonchev–Trinajstić information content (AvgIpc) is 2.04. The van der Waals surface area contributed by atoms with E-state index in [1.807, 2.05) is 36.0 Å². The van der Waals surface area contributed by atoms with Crippen molar-refractivity contribution in [3.63, 3.8) is 0 Å². The second kappa shape index (κ2) is 4.68. The quantitative estimate of drug-likeness (QED) is 0.696. The Balaban J connectivity index is 2.52. The maximum absolute atomic E-state index is 5.73. The Morgan fingerprint density at radius 1 is 1.27 bits per heavy atom. The zero-order valence-electron chi connectivity index (χ0n) is 6.22. The molecule has 2 heteroatoms. The maximum Gasteiger partial charge on any atom is 0.0406 e. The van der Waals surface area contributed by atoms with Crippen LogP contribution in [0, 0.1) is 6.92 Å². The first kappa shape index (κ1) is 8.95. The van der Waals surface area contributed by atoms with E-state index in [4.69, 9.17) is 11.6 Å². The van der Waals surface area contributed by atoms with E-state index in [1.54, 1.807) is 0 Å². The first-order valence-electron chi connectivity index (χ1n) is 3.44. The van der Waals surface area contributed by atoms with E-state index in [9.17, 15) is 0 Å². The highest BCUT2D eigenvalue weighted by atomic mass is 35.5. The van der Waals surface area contributed by atoms with Crippen LogP contribution < -0.4 is 0 Å². The third-order valence-electron chi connectivity index (χ3n) is 1.33. The molecule has 0 atom stereocenters. The lowest BCUT2D eigenvalue weighted by Crippen LogP contribution is -1.79. The molecule has 59 valence electrons. The van der Waals surface area contributed by atoms with Crippen LogP contribution in [0.1, 0.15) is 5.56 Å². The van der Waals surface area contributed by atoms with E-state index in [-0.39, 0.29) is 0 Å². The Bertz CT molecular complexity index is 205. The summed E-state index contributed by atoms with van der Waals surface area (Å²) in [5.74, 6) is 1.95. The highest BCUT2D eigenvalue weighted by Gasteiger charge is 1.91. The lowest BCUT2D eigenvalue weighted by atomic mass is 10.2. The molecule has 0 amide bonds. The van der Waals surface area contributed by atoms with Gasteiger partial charge in [0.25, 0.3) is 0 Å². The van der Waals surface area contributed by atoms with Crippen molar-refractivity contribution in [2.45, 2.75) is 5.75 Å². The summed E-state index contributed by atoms with van der Waals surface area (Å²) in [6, 6.07) is 7.93. The van der Waals surface area contributed by atoms with Crippen molar-refractivity contribution in [2.24, 2.45) is 0 Å². The van der Waals surface area contributed by atoms with Gasteiger partial charge >= 0.3 is 0 Å². The van der Waals surface area contributed by atoms with Gasteiger partial charge in [0.1, 0.15) is 0 Å². The number of benzene rings is 1. The summed E-state index contributed by atoms with van der Waals surface area (Å²) in [5.41, 5.74) is 1.31. The van der Waals surface area contributed by atoms with Gasteiger partial charge in [-0.05, 0) is 30.4 Å². The lowest BCUT2D eigenvalue weighted by Gasteiger charge is -1.98. The fourth-order valence-electron chi connectivity index (χ4n) is 0.771. The topological polar surface area (TPSA) is 0 Å². The second-order valence-electron chi connectivity index (χ2n) is 2.18. The highest BCUT2D eigenvalue weighted by Crippen LogP contribution is 2.14. The molecule has 0 aliphatic carbocycles. The first-order chi connectivity index (χ1) is 5.33. The molecular formula is C9H10ClS. The number of hydrogen-bond acceptors (Lipinski definition) is 1. The van der Waals surface area contributed by atoms with Gasteiger partial charge in [0, 0.05) is 10.8 Å². The second-order valence-corrected chi connectivity index (χ2v) is 3.72. The summed E-state index contributed by atoms with van der Waals surface area (Å²) in [7, 11) is 0. The van der Waals surface area contributed by atoms with Crippen LogP contribution in [0.2, 0.25) is 5.02 Å². The third-order valence-corrected chi connectivity index (χ3v) is 2.40. The van der Waals surface area contributed by atoms with Crippen molar-refractivity contribution in [2.75, 3.05) is 5.75 Å². The zero-order chi connectivity index (χ0) is 8.10. The molecule has 0 heterocycles. The van der Waals surface area contributed by atoms with E-state index in [2.05, 4.69) is 6.92 Å². The summed E-state index contributed by atoms with van der Waals surface area (Å²) in [6.07, 6.45) is 0. The van der Waals surface area contributed by atoms with E-state index in [0.29, 0.717) is 0 Å². The molecular weight excluding hydrogens is 176 g/mol. The third kappa shape index (κ3) is 3.17. The summed E-state index contributed by atoms with van der Waals surface area (Å²) in [4.78, 5) is 0. The minimum absolute atomic E-state index is 0.799. The number of halogens is 1. The smallest absolute Gasteiger partial charge is 0.0406 e. The molecule has 0 aliphatic heterocycles. The minimum Gasteiger partial charge on any atom is -0.157 e. The maximum atomic E-state index is 5.73. The van der Waals surface area contributed by atoms with Gasteiger partial charge in [0.05, 0.1) is 0 Å². The number of rotatable bonds is 3. The highest BCUT2D eigenvalue weighted by molar-refractivity contribution is 7.98. The van der Waals surface area contributed by atoms with E-state index >= 15 is 0 Å². The molecule has 0 unspecified atom stereocenters. The van der Waals surface area contributed by atoms with Gasteiger partial charge < -0.3 is 0 Å². The summed E-state index contributed by atoms with van der Waals surface area (Å²) in [6.45, 7) is 3.76. The van der Waals surface area contributed by atoms with Crippen LogP contribution in [-0.2, 0) is 5.75 Å². The van der Waals surface area contributed by atoms with Gasteiger partial charge in [0.15, 0.2) is 0 Å². The van der Waals surface area contributed by atoms with Gasteiger partial charge in [-0.15, -0.1) is 0 Å². The minimum atomic E-state index is 0.799. The molecule has 0 aliphatic rings. The van der Waals surface area contributed by atoms with Crippen LogP contribution in [0.4, 0.5) is 0 Å². The molecule has 0 spiro atoms. The standard InChI is InChI=1S/C9H10ClS/c1-2-11-7-8-3-5-9(10)6-4-8/h3-6H,1-2,7H2. The van der Waals surface area contributed by atoms with Crippen LogP contribution in [0.25, 0.3) is 0 Å². The largest absolute Gasteiger partial charge is 0.157 e. The van der Waals surface area contributed by atoms with Gasteiger partial charge in [-0.25, -0.2) is 0 Å². The molecule has 0 nitrogen and oxygen atoms in total. The molecule has 11 heavy (non-hydrogen) atoms. The van der Waals surface area contributed by atoms with Crippen molar-refractivity contribution in [1.29, 1.82) is 0 Å². The van der Waals surface area contributed by atoms with E-state index in [1.165, 1.54) is 5.56 Å². The molecule has 0 fully saturated rings. The van der Waals surface area contributed by atoms with Crippen molar-refractivity contribution in [1.82, 2.24) is 0 Å². The first-order valence-corrected chi connectivity index (χ1v) is 4.97. The molecule has 0 saturated carbocycles. The number of thioether (sulfide) groups is 1. The molecule has 0 aromatic heterocycles. The fourth-order valence-corrected chi connectivity index (χ4v) is 1.47. The SMILES string of the molecule is [CH2]CSCc1ccc(Cl)cc1. The van der Waals surface area contributed by atoms with Crippen LogP contribution in [0.3, 0.4) is 0 Å². The monoisotopic (exact) mass is 185 g/mol. The van der Waals surface area contributed by atoms with Gasteiger partial charge in [-0.3, -0.25) is 0 Å². The van der Waals surface area contributed by atoms with Crippen molar-refractivity contribution in [3.8, 4) is 0 Å². The summed E-state index contributed by atoms with van der Waals surface area (Å²) in [5, 5.41) is 0.799. The average molecular weight is 186 g/mol. The Morgan fingerprint density at radius 2 is 1.91 bits per heavy atom. The Labute approximate surface area is 77.0 Å². The van der Waals surface area contributed by atoms with E-state index in [0.717, 1.165) is 16.5 Å². The van der Waals surface area contributed by atoms with Gasteiger partial charge in [-0.2, -0.15) is 11.8 Å². The molecule has 1 aromatic carbocycles. The summed E-state index contributed by atoms with van der Waals surface area (Å²) < 4.78 is 0. The zero-order valence-corrected chi connectivity index (χ0v) is 7.79. The Morgan fingerprint density at radius 3 is 2.45 bits per heavy atom. The molecule has 1 aromatic rings. The van der Waals surface area contributed by atoms with Crippen molar-refractivity contribution < 1.29 is 0 Å². The van der Waals surface area contributed by atoms with E-state index < -0.39 is 0 Å². The molecule has 1 radical (unpaired) electrons. The molecule has 0 saturated heterocycles. The molecule has 0 bridgehead atoms. The van der Waals surface area contributed by atoms with Crippen LogP contribution in [0.15, 0.2) is 24.3 Å². The predicted molar refractivity (Wildman–Crippen MR) is 53.0 cm³/mol. The van der Waals surface area contributed by atoms with Crippen molar-refractivity contribution in [3.05, 3.63) is 41.8 Å². The number of hydrogen-bond donors (Lipinski definition) is 0. The van der Waals surface area contributed by atoms with Gasteiger partial charge in [0.2, 0.25) is 0 Å². The molecule has 1 rings (SSSR count). The normalized spacial score (nSPS) is 10.0. The predicted octanol–water partition coefficient (Wildman–Crippen LogP) is 3.41.